The topological polar surface area (TPSA) is 132 Å². The molecule has 2 heterocycles. The van der Waals surface area contributed by atoms with E-state index in [0.717, 1.165) is 4.90 Å². The summed E-state index contributed by atoms with van der Waals surface area (Å²) in [6.45, 7) is -0.834. The van der Waals surface area contributed by atoms with E-state index in [1.807, 2.05) is 6.07 Å². The Morgan fingerprint density at radius 2 is 2.27 bits per heavy atom. The van der Waals surface area contributed by atoms with Crippen molar-refractivity contribution in [3.8, 4) is 17.5 Å². The summed E-state index contributed by atoms with van der Waals surface area (Å²) in [5.41, 5.74) is 0.898. The predicted octanol–water partition coefficient (Wildman–Crippen LogP) is 1.43. The lowest BCUT2D eigenvalue weighted by atomic mass is 10.1. The molecule has 1 saturated heterocycles. The molecule has 2 aromatic rings. The Hall–Kier alpha value is -3.48. The Bertz CT molecular complexity index is 878. The summed E-state index contributed by atoms with van der Waals surface area (Å²) in [4.78, 5) is 24.2. The predicted molar refractivity (Wildman–Crippen MR) is 84.8 cm³/mol. The third-order valence-corrected chi connectivity index (χ3v) is 4.03. The molecule has 2 N–H and O–H groups in total. The van der Waals surface area contributed by atoms with Crippen LogP contribution in [0.1, 0.15) is 22.7 Å². The number of likely N-dealkylation sites (tertiary alicyclic amines) is 1. The first kappa shape index (κ1) is 17.3. The minimum Gasteiger partial charge on any atom is -0.465 e. The summed E-state index contributed by atoms with van der Waals surface area (Å²) < 4.78 is 18.2. The van der Waals surface area contributed by atoms with Gasteiger partial charge in [0.25, 0.3) is 0 Å². The summed E-state index contributed by atoms with van der Waals surface area (Å²) >= 11 is 0. The summed E-state index contributed by atoms with van der Waals surface area (Å²) in [6, 6.07) is 7.12. The molecule has 1 aromatic heterocycles. The lowest BCUT2D eigenvalue weighted by Gasteiger charge is -2.17. The van der Waals surface area contributed by atoms with E-state index < -0.39 is 30.8 Å². The van der Waals surface area contributed by atoms with Gasteiger partial charge in [0.2, 0.25) is 5.89 Å². The van der Waals surface area contributed by atoms with Crippen LogP contribution in [0, 0.1) is 11.3 Å². The van der Waals surface area contributed by atoms with Gasteiger partial charge in [-0.05, 0) is 24.6 Å². The van der Waals surface area contributed by atoms with E-state index in [-0.39, 0.29) is 24.7 Å². The van der Waals surface area contributed by atoms with Gasteiger partial charge < -0.3 is 19.7 Å². The molecule has 9 nitrogen and oxygen atoms in total. The highest BCUT2D eigenvalue weighted by Gasteiger charge is 2.36. The van der Waals surface area contributed by atoms with Crippen molar-refractivity contribution in [3.05, 3.63) is 35.7 Å². The largest absolute Gasteiger partial charge is 0.465 e. The molecule has 1 aromatic carbocycles. The fourth-order valence-electron chi connectivity index (χ4n) is 2.80. The molecule has 1 aliphatic rings. The van der Waals surface area contributed by atoms with Gasteiger partial charge in [-0.25, -0.2) is 9.18 Å². The number of nitrogens with one attached hydrogen (secondary N) is 1. The second-order valence-electron chi connectivity index (χ2n) is 5.75. The molecule has 0 unspecified atom stereocenters. The van der Waals surface area contributed by atoms with Gasteiger partial charge in [0.15, 0.2) is 0 Å². The molecule has 26 heavy (non-hydrogen) atoms. The molecule has 2 amide bonds. The molecule has 0 saturated carbocycles. The van der Waals surface area contributed by atoms with Crippen molar-refractivity contribution in [1.29, 1.82) is 5.26 Å². The Balaban J connectivity index is 1.69. The number of amides is 2. The van der Waals surface area contributed by atoms with E-state index in [2.05, 4.69) is 15.5 Å². The van der Waals surface area contributed by atoms with Crippen molar-refractivity contribution in [2.24, 2.45) is 0 Å². The molecule has 3 rings (SSSR count). The van der Waals surface area contributed by atoms with E-state index in [4.69, 9.17) is 14.8 Å². The Morgan fingerprint density at radius 1 is 1.46 bits per heavy atom. The lowest BCUT2D eigenvalue weighted by molar-refractivity contribution is 0.0901. The number of aromatic nitrogens is 2. The molecular weight excluding hydrogens is 345 g/mol. The third-order valence-electron chi connectivity index (χ3n) is 4.03. The van der Waals surface area contributed by atoms with Gasteiger partial charge in [0.05, 0.1) is 17.7 Å². The van der Waals surface area contributed by atoms with E-state index in [0.29, 0.717) is 11.1 Å². The number of hydrogen-bond acceptors (Lipinski definition) is 6. The molecule has 0 bridgehead atoms. The molecular formula is C16H14FN5O4. The number of carboxylic acid groups (broad SMARTS) is 1. The van der Waals surface area contributed by atoms with E-state index in [1.54, 1.807) is 24.3 Å². The van der Waals surface area contributed by atoms with Crippen molar-refractivity contribution in [2.45, 2.75) is 18.5 Å². The van der Waals surface area contributed by atoms with Gasteiger partial charge in [-0.3, -0.25) is 4.79 Å². The molecule has 1 fully saturated rings. The van der Waals surface area contributed by atoms with Crippen LogP contribution in [0.25, 0.3) is 11.5 Å². The second kappa shape index (κ2) is 7.18. The zero-order valence-corrected chi connectivity index (χ0v) is 13.4. The van der Waals surface area contributed by atoms with E-state index in [9.17, 15) is 14.0 Å². The first-order valence-corrected chi connectivity index (χ1v) is 7.72. The van der Waals surface area contributed by atoms with Crippen molar-refractivity contribution in [1.82, 2.24) is 20.4 Å². The van der Waals surface area contributed by atoms with Crippen LogP contribution in [0.15, 0.2) is 28.7 Å². The molecule has 10 heteroatoms. The fourth-order valence-corrected chi connectivity index (χ4v) is 2.80. The van der Waals surface area contributed by atoms with Crippen LogP contribution in [-0.2, 0) is 0 Å². The van der Waals surface area contributed by atoms with Crippen molar-refractivity contribution >= 4 is 12.0 Å². The number of carbonyl (C=O) groups excluding carboxylic acids is 1. The van der Waals surface area contributed by atoms with Crippen molar-refractivity contribution < 1.29 is 23.5 Å². The SMILES string of the molecule is N#Cc1cccc(-c2nnc(C(=O)N[C@@H]3C[C@@H](CF)N(C(=O)O)C3)o2)c1. The first-order chi connectivity index (χ1) is 12.5. The summed E-state index contributed by atoms with van der Waals surface area (Å²) in [7, 11) is 0. The maximum Gasteiger partial charge on any atom is 0.407 e. The van der Waals surface area contributed by atoms with Crippen molar-refractivity contribution in [2.75, 3.05) is 13.2 Å². The Kier molecular flexibility index (Phi) is 4.79. The summed E-state index contributed by atoms with van der Waals surface area (Å²) in [5, 5.41) is 28.0. The quantitative estimate of drug-likeness (QED) is 0.843. The number of carbonyl (C=O) groups is 2. The fraction of sp³-hybridized carbons (Fsp3) is 0.312. The van der Waals surface area contributed by atoms with Gasteiger partial charge in [0, 0.05) is 18.2 Å². The van der Waals surface area contributed by atoms with Crippen molar-refractivity contribution in [3.63, 3.8) is 0 Å². The van der Waals surface area contributed by atoms with Crippen LogP contribution in [0.4, 0.5) is 9.18 Å². The van der Waals surface area contributed by atoms with Crippen LogP contribution >= 0.6 is 0 Å². The molecule has 0 radical (unpaired) electrons. The maximum absolute atomic E-state index is 12.9. The van der Waals surface area contributed by atoms with Gasteiger partial charge in [-0.1, -0.05) is 6.07 Å². The van der Waals surface area contributed by atoms with Crippen LogP contribution in [-0.4, -0.2) is 57.5 Å². The van der Waals surface area contributed by atoms with Gasteiger partial charge >= 0.3 is 17.9 Å². The highest BCUT2D eigenvalue weighted by atomic mass is 19.1. The molecule has 2 atom stereocenters. The third kappa shape index (κ3) is 3.46. The average Bonchev–Trinajstić information content (AvgIpc) is 3.29. The number of benzene rings is 1. The average molecular weight is 359 g/mol. The summed E-state index contributed by atoms with van der Waals surface area (Å²) in [6.07, 6.45) is -1.07. The maximum atomic E-state index is 12.9. The standard InChI is InChI=1S/C16H14FN5O4/c17-6-12-5-11(8-22(12)16(24)25)19-13(23)15-21-20-14(26-15)10-3-1-2-9(4-10)7-18/h1-4,11-12H,5-6,8H2,(H,19,23)(H,24,25)/t11-,12+/m1/s1. The number of nitrogens with zero attached hydrogens (tertiary/aromatic N) is 4. The Morgan fingerprint density at radius 3 is 2.92 bits per heavy atom. The van der Waals surface area contributed by atoms with Gasteiger partial charge in [0.1, 0.15) is 6.67 Å². The minimum absolute atomic E-state index is 0.0130. The van der Waals surface area contributed by atoms with E-state index >= 15 is 0 Å². The van der Waals surface area contributed by atoms with Crippen LogP contribution in [0.2, 0.25) is 0 Å². The normalized spacial score (nSPS) is 19.2. The van der Waals surface area contributed by atoms with Gasteiger partial charge in [-0.15, -0.1) is 10.2 Å². The number of rotatable bonds is 4. The first-order valence-electron chi connectivity index (χ1n) is 7.72. The lowest BCUT2D eigenvalue weighted by Crippen LogP contribution is -2.39. The monoisotopic (exact) mass is 359 g/mol. The molecule has 1 aliphatic heterocycles. The van der Waals surface area contributed by atoms with Crippen LogP contribution in [0.5, 0.6) is 0 Å². The number of halogens is 1. The molecule has 0 aliphatic carbocycles. The zero-order chi connectivity index (χ0) is 18.7. The molecule has 134 valence electrons. The Labute approximate surface area is 147 Å². The molecule has 0 spiro atoms. The minimum atomic E-state index is -1.23. The van der Waals surface area contributed by atoms with E-state index in [1.165, 1.54) is 0 Å². The number of alkyl halides is 1. The van der Waals surface area contributed by atoms with Gasteiger partial charge in [-0.2, -0.15) is 5.26 Å². The number of hydrogen-bond donors (Lipinski definition) is 2. The highest BCUT2D eigenvalue weighted by Crippen LogP contribution is 2.21. The zero-order valence-electron chi connectivity index (χ0n) is 13.4. The number of nitriles is 1. The summed E-state index contributed by atoms with van der Waals surface area (Å²) in [5.74, 6) is -0.893. The van der Waals surface area contributed by atoms with Crippen LogP contribution in [0.3, 0.4) is 0 Å². The smallest absolute Gasteiger partial charge is 0.407 e. The highest BCUT2D eigenvalue weighted by molar-refractivity contribution is 5.90. The second-order valence-corrected chi connectivity index (χ2v) is 5.75. The van der Waals surface area contributed by atoms with Crippen LogP contribution < -0.4 is 5.32 Å².